The molecule has 0 radical (unpaired) electrons. The minimum Gasteiger partial charge on any atom is -0.381 e. The van der Waals surface area contributed by atoms with Crippen molar-refractivity contribution in [1.82, 2.24) is 0 Å². The molecule has 0 N–H and O–H groups in total. The van der Waals surface area contributed by atoms with E-state index in [0.29, 0.717) is 0 Å². The average molecular weight is 437 g/mol. The van der Waals surface area contributed by atoms with Gasteiger partial charge >= 0.3 is 0 Å². The summed E-state index contributed by atoms with van der Waals surface area (Å²) in [6.45, 7) is 8.08. The van der Waals surface area contributed by atoms with Crippen molar-refractivity contribution in [2.24, 2.45) is 0 Å². The van der Waals surface area contributed by atoms with E-state index in [0.717, 1.165) is 39.3 Å². The number of ether oxygens (including phenoxy) is 2. The molecule has 0 aromatic heterocycles. The van der Waals surface area contributed by atoms with Crippen LogP contribution in [0.1, 0.15) is 136 Å². The standard InChI is InChI=1S/C29H56O2/c1-3-5-7-9-10-11-12-13-14-15-16-17-18-19-20-21-22-24-27-31-29-25-28-30-26-23-8-6-4-2/h10-11,13-14H,3-9,12,15-29H2,1-2H3/b11-10-,14-13-. The van der Waals surface area contributed by atoms with Crippen molar-refractivity contribution in [1.29, 1.82) is 0 Å². The fourth-order valence-electron chi connectivity index (χ4n) is 3.64. The highest BCUT2D eigenvalue weighted by Crippen LogP contribution is 2.10. The van der Waals surface area contributed by atoms with Gasteiger partial charge in [0.2, 0.25) is 0 Å². The summed E-state index contributed by atoms with van der Waals surface area (Å²) >= 11 is 0. The van der Waals surface area contributed by atoms with Crippen LogP contribution in [-0.4, -0.2) is 26.4 Å². The fourth-order valence-corrected chi connectivity index (χ4v) is 3.64. The van der Waals surface area contributed by atoms with Crippen LogP contribution in [0.15, 0.2) is 24.3 Å². The van der Waals surface area contributed by atoms with E-state index in [1.807, 2.05) is 0 Å². The highest BCUT2D eigenvalue weighted by atomic mass is 16.5. The Morgan fingerprint density at radius 2 is 0.774 bits per heavy atom. The van der Waals surface area contributed by atoms with E-state index < -0.39 is 0 Å². The van der Waals surface area contributed by atoms with Crippen LogP contribution in [0.4, 0.5) is 0 Å². The molecule has 0 saturated heterocycles. The summed E-state index contributed by atoms with van der Waals surface area (Å²) in [5, 5.41) is 0. The number of hydrogen-bond acceptors (Lipinski definition) is 2. The SMILES string of the molecule is CCCCC/C=C\C/C=C\CCCCCCCCCCOCCCOCCCCCC. The van der Waals surface area contributed by atoms with E-state index in [9.17, 15) is 0 Å². The third-order valence-electron chi connectivity index (χ3n) is 5.71. The van der Waals surface area contributed by atoms with Gasteiger partial charge in [0.15, 0.2) is 0 Å². The Hall–Kier alpha value is -0.600. The van der Waals surface area contributed by atoms with Gasteiger partial charge in [-0.05, 0) is 51.4 Å². The first-order chi connectivity index (χ1) is 15.4. The first kappa shape index (κ1) is 30.4. The van der Waals surface area contributed by atoms with Crippen LogP contribution in [-0.2, 0) is 9.47 Å². The third-order valence-corrected chi connectivity index (χ3v) is 5.71. The van der Waals surface area contributed by atoms with E-state index in [4.69, 9.17) is 9.47 Å². The van der Waals surface area contributed by atoms with Crippen LogP contribution >= 0.6 is 0 Å². The van der Waals surface area contributed by atoms with Crippen LogP contribution in [0.3, 0.4) is 0 Å². The van der Waals surface area contributed by atoms with Crippen LogP contribution in [0.2, 0.25) is 0 Å². The lowest BCUT2D eigenvalue weighted by molar-refractivity contribution is 0.0795. The molecule has 0 saturated carbocycles. The summed E-state index contributed by atoms with van der Waals surface area (Å²) in [4.78, 5) is 0. The molecule has 0 fully saturated rings. The predicted octanol–water partition coefficient (Wildman–Crippen LogP) is 9.58. The number of hydrogen-bond donors (Lipinski definition) is 0. The molecule has 0 rings (SSSR count). The second kappa shape index (κ2) is 29.4. The van der Waals surface area contributed by atoms with Crippen LogP contribution in [0, 0.1) is 0 Å². The van der Waals surface area contributed by atoms with E-state index in [-0.39, 0.29) is 0 Å². The lowest BCUT2D eigenvalue weighted by Crippen LogP contribution is -2.03. The predicted molar refractivity (Wildman–Crippen MR) is 139 cm³/mol. The number of unbranched alkanes of at least 4 members (excludes halogenated alkanes) is 14. The summed E-state index contributed by atoms with van der Waals surface area (Å²) in [5.41, 5.74) is 0. The zero-order valence-corrected chi connectivity index (χ0v) is 21.4. The molecule has 0 aromatic rings. The van der Waals surface area contributed by atoms with Crippen molar-refractivity contribution in [3.8, 4) is 0 Å². The Labute approximate surface area is 196 Å². The average Bonchev–Trinajstić information content (AvgIpc) is 2.78. The van der Waals surface area contributed by atoms with Gasteiger partial charge in [0.05, 0.1) is 0 Å². The number of allylic oxidation sites excluding steroid dienone is 4. The highest BCUT2D eigenvalue weighted by Gasteiger charge is 1.94. The quantitative estimate of drug-likeness (QED) is 0.0992. The second-order valence-corrected chi connectivity index (χ2v) is 8.93. The van der Waals surface area contributed by atoms with E-state index in [1.165, 1.54) is 109 Å². The van der Waals surface area contributed by atoms with Gasteiger partial charge in [-0.3, -0.25) is 0 Å². The summed E-state index contributed by atoms with van der Waals surface area (Å²) in [5.74, 6) is 0. The van der Waals surface area contributed by atoms with Gasteiger partial charge in [0, 0.05) is 26.4 Å². The molecule has 0 aliphatic carbocycles. The Balaban J connectivity index is 3.08. The summed E-state index contributed by atoms with van der Waals surface area (Å²) in [6.07, 6.45) is 34.1. The van der Waals surface area contributed by atoms with Crippen molar-refractivity contribution in [2.45, 2.75) is 136 Å². The lowest BCUT2D eigenvalue weighted by Gasteiger charge is -2.06. The first-order valence-corrected chi connectivity index (χ1v) is 13.9. The lowest BCUT2D eigenvalue weighted by atomic mass is 10.1. The van der Waals surface area contributed by atoms with Crippen molar-refractivity contribution < 1.29 is 9.47 Å². The molecule has 184 valence electrons. The molecule has 0 atom stereocenters. The van der Waals surface area contributed by atoms with Gasteiger partial charge in [0.1, 0.15) is 0 Å². The zero-order chi connectivity index (χ0) is 22.5. The number of rotatable bonds is 26. The molecule has 0 amide bonds. The Kier molecular flexibility index (Phi) is 28.8. The first-order valence-electron chi connectivity index (χ1n) is 13.9. The molecule has 0 bridgehead atoms. The summed E-state index contributed by atoms with van der Waals surface area (Å²) in [7, 11) is 0. The van der Waals surface area contributed by atoms with Gasteiger partial charge in [-0.25, -0.2) is 0 Å². The molecule has 31 heavy (non-hydrogen) atoms. The van der Waals surface area contributed by atoms with Gasteiger partial charge in [-0.1, -0.05) is 109 Å². The smallest absolute Gasteiger partial charge is 0.0487 e. The van der Waals surface area contributed by atoms with Gasteiger partial charge < -0.3 is 9.47 Å². The second-order valence-electron chi connectivity index (χ2n) is 8.93. The topological polar surface area (TPSA) is 18.5 Å². The van der Waals surface area contributed by atoms with E-state index in [2.05, 4.69) is 38.2 Å². The molecular weight excluding hydrogens is 380 g/mol. The van der Waals surface area contributed by atoms with Crippen LogP contribution < -0.4 is 0 Å². The van der Waals surface area contributed by atoms with Crippen molar-refractivity contribution >= 4 is 0 Å². The minimum atomic E-state index is 0.859. The van der Waals surface area contributed by atoms with Crippen molar-refractivity contribution in [2.75, 3.05) is 26.4 Å². The molecular formula is C29H56O2. The molecule has 0 aliphatic rings. The highest BCUT2D eigenvalue weighted by molar-refractivity contribution is 4.92. The minimum absolute atomic E-state index is 0.859. The van der Waals surface area contributed by atoms with Crippen LogP contribution in [0.25, 0.3) is 0 Å². The molecule has 0 heterocycles. The maximum atomic E-state index is 5.72. The van der Waals surface area contributed by atoms with Gasteiger partial charge in [-0.2, -0.15) is 0 Å². The van der Waals surface area contributed by atoms with E-state index in [1.54, 1.807) is 0 Å². The maximum absolute atomic E-state index is 5.72. The Bertz CT molecular complexity index is 362. The fraction of sp³-hybridized carbons (Fsp3) is 0.862. The summed E-state index contributed by atoms with van der Waals surface area (Å²) < 4.78 is 11.4. The van der Waals surface area contributed by atoms with Crippen molar-refractivity contribution in [3.05, 3.63) is 24.3 Å². The zero-order valence-electron chi connectivity index (χ0n) is 21.4. The molecule has 2 nitrogen and oxygen atoms in total. The largest absolute Gasteiger partial charge is 0.381 e. The molecule has 2 heteroatoms. The van der Waals surface area contributed by atoms with Gasteiger partial charge in [0.25, 0.3) is 0 Å². The molecule has 0 unspecified atom stereocenters. The molecule has 0 aromatic carbocycles. The monoisotopic (exact) mass is 436 g/mol. The maximum Gasteiger partial charge on any atom is 0.0487 e. The van der Waals surface area contributed by atoms with E-state index >= 15 is 0 Å². The van der Waals surface area contributed by atoms with Gasteiger partial charge in [-0.15, -0.1) is 0 Å². The third kappa shape index (κ3) is 29.4. The van der Waals surface area contributed by atoms with Crippen LogP contribution in [0.5, 0.6) is 0 Å². The summed E-state index contributed by atoms with van der Waals surface area (Å²) in [6, 6.07) is 0. The van der Waals surface area contributed by atoms with Crippen molar-refractivity contribution in [3.63, 3.8) is 0 Å². The normalized spacial score (nSPS) is 11.9. The Morgan fingerprint density at radius 1 is 0.387 bits per heavy atom. The molecule has 0 aliphatic heterocycles. The molecule has 0 spiro atoms. The Morgan fingerprint density at radius 3 is 1.32 bits per heavy atom.